The maximum atomic E-state index is 12.9. The standard InChI is InChI=1S/C8H6F4IN/c9-5-3-1-2-4(6(5)13)7(14)8(10,11)12/h1-3,7H,14H2. The molecule has 1 rings (SSSR count). The van der Waals surface area contributed by atoms with E-state index in [1.165, 1.54) is 34.7 Å². The molecule has 1 aromatic carbocycles. The van der Waals surface area contributed by atoms with Crippen LogP contribution in [0.25, 0.3) is 0 Å². The summed E-state index contributed by atoms with van der Waals surface area (Å²) in [4.78, 5) is 0. The normalized spacial score (nSPS) is 14.1. The lowest BCUT2D eigenvalue weighted by molar-refractivity contribution is -0.149. The van der Waals surface area contributed by atoms with E-state index in [2.05, 4.69) is 0 Å². The van der Waals surface area contributed by atoms with Crippen LogP contribution in [0.2, 0.25) is 0 Å². The van der Waals surface area contributed by atoms with E-state index in [0.717, 1.165) is 6.07 Å². The SMILES string of the molecule is NC(c1cccc(F)c1I)C(F)(F)F. The lowest BCUT2D eigenvalue weighted by Crippen LogP contribution is -2.29. The van der Waals surface area contributed by atoms with E-state index >= 15 is 0 Å². The Morgan fingerprint density at radius 3 is 2.36 bits per heavy atom. The van der Waals surface area contributed by atoms with Gasteiger partial charge in [-0.2, -0.15) is 13.2 Å². The topological polar surface area (TPSA) is 26.0 Å². The molecule has 78 valence electrons. The first-order valence-corrected chi connectivity index (χ1v) is 4.68. The first-order chi connectivity index (χ1) is 6.34. The van der Waals surface area contributed by atoms with Crippen molar-refractivity contribution in [3.63, 3.8) is 0 Å². The van der Waals surface area contributed by atoms with E-state index in [0.29, 0.717) is 0 Å². The van der Waals surface area contributed by atoms with Gasteiger partial charge in [-0.1, -0.05) is 12.1 Å². The highest BCUT2D eigenvalue weighted by Crippen LogP contribution is 2.33. The Labute approximate surface area is 91.4 Å². The average molecular weight is 319 g/mol. The monoisotopic (exact) mass is 319 g/mol. The number of hydrogen-bond donors (Lipinski definition) is 1. The fourth-order valence-electron chi connectivity index (χ4n) is 0.937. The van der Waals surface area contributed by atoms with Gasteiger partial charge in [0.15, 0.2) is 0 Å². The summed E-state index contributed by atoms with van der Waals surface area (Å²) < 4.78 is 49.4. The molecule has 0 fully saturated rings. The van der Waals surface area contributed by atoms with E-state index in [-0.39, 0.29) is 9.13 Å². The largest absolute Gasteiger partial charge is 0.407 e. The highest BCUT2D eigenvalue weighted by molar-refractivity contribution is 14.1. The van der Waals surface area contributed by atoms with E-state index in [1.807, 2.05) is 0 Å². The Bertz CT molecular complexity index is 337. The second-order valence-corrected chi connectivity index (χ2v) is 3.74. The van der Waals surface area contributed by atoms with Crippen molar-refractivity contribution < 1.29 is 17.6 Å². The Balaban J connectivity index is 3.14. The molecule has 0 amide bonds. The lowest BCUT2D eigenvalue weighted by Gasteiger charge is -2.17. The van der Waals surface area contributed by atoms with Crippen LogP contribution < -0.4 is 5.73 Å². The Morgan fingerprint density at radius 2 is 1.86 bits per heavy atom. The zero-order valence-electron chi connectivity index (χ0n) is 6.78. The molecule has 0 saturated heterocycles. The first kappa shape index (κ1) is 11.7. The molecule has 0 aliphatic carbocycles. The smallest absolute Gasteiger partial charge is 0.316 e. The van der Waals surface area contributed by atoms with Gasteiger partial charge in [-0.15, -0.1) is 0 Å². The predicted molar refractivity (Wildman–Crippen MR) is 52.1 cm³/mol. The van der Waals surface area contributed by atoms with Gasteiger partial charge in [0.25, 0.3) is 0 Å². The number of hydrogen-bond acceptors (Lipinski definition) is 1. The summed E-state index contributed by atoms with van der Waals surface area (Å²) in [7, 11) is 0. The maximum Gasteiger partial charge on any atom is 0.407 e. The summed E-state index contributed by atoms with van der Waals surface area (Å²) in [5.74, 6) is -0.692. The van der Waals surface area contributed by atoms with Gasteiger partial charge >= 0.3 is 6.18 Å². The first-order valence-electron chi connectivity index (χ1n) is 3.60. The molecule has 1 unspecified atom stereocenters. The van der Waals surface area contributed by atoms with Crippen molar-refractivity contribution in [3.8, 4) is 0 Å². The predicted octanol–water partition coefficient (Wildman–Crippen LogP) is 2.99. The molecule has 0 saturated carbocycles. The van der Waals surface area contributed by atoms with E-state index in [9.17, 15) is 17.6 Å². The molecule has 0 bridgehead atoms. The van der Waals surface area contributed by atoms with Crippen LogP contribution in [0.4, 0.5) is 17.6 Å². The molecule has 0 aromatic heterocycles. The van der Waals surface area contributed by atoms with Crippen molar-refractivity contribution in [1.29, 1.82) is 0 Å². The summed E-state index contributed by atoms with van der Waals surface area (Å²) in [5.41, 5.74) is 4.71. The van der Waals surface area contributed by atoms with Crippen LogP contribution >= 0.6 is 22.6 Å². The third-order valence-electron chi connectivity index (χ3n) is 1.67. The summed E-state index contributed by atoms with van der Waals surface area (Å²) in [6.45, 7) is 0. The van der Waals surface area contributed by atoms with Gasteiger partial charge in [0, 0.05) is 0 Å². The molecule has 6 heteroatoms. The molecule has 1 aromatic rings. The van der Waals surface area contributed by atoms with E-state index in [1.54, 1.807) is 0 Å². The number of rotatable bonds is 1. The Hall–Kier alpha value is -0.370. The van der Waals surface area contributed by atoms with E-state index in [4.69, 9.17) is 5.73 Å². The minimum absolute atomic E-state index is 0.0880. The maximum absolute atomic E-state index is 12.9. The molecule has 1 atom stereocenters. The van der Waals surface area contributed by atoms with Crippen LogP contribution in [-0.4, -0.2) is 6.18 Å². The quantitative estimate of drug-likeness (QED) is 0.625. The molecule has 2 N–H and O–H groups in total. The van der Waals surface area contributed by atoms with Crippen LogP contribution in [0.3, 0.4) is 0 Å². The molecule has 14 heavy (non-hydrogen) atoms. The fourth-order valence-corrected chi connectivity index (χ4v) is 1.63. The second kappa shape index (κ2) is 4.01. The van der Waals surface area contributed by atoms with Crippen molar-refractivity contribution in [1.82, 2.24) is 0 Å². The summed E-state index contributed by atoms with van der Waals surface area (Å²) in [6, 6.07) is 1.33. The molecular weight excluding hydrogens is 313 g/mol. The van der Waals surface area contributed by atoms with Crippen LogP contribution in [-0.2, 0) is 0 Å². The minimum atomic E-state index is -4.55. The van der Waals surface area contributed by atoms with Crippen molar-refractivity contribution in [2.45, 2.75) is 12.2 Å². The third kappa shape index (κ3) is 2.35. The lowest BCUT2D eigenvalue weighted by atomic mass is 10.1. The molecule has 0 radical (unpaired) electrons. The van der Waals surface area contributed by atoms with Crippen LogP contribution in [0.5, 0.6) is 0 Å². The summed E-state index contributed by atoms with van der Waals surface area (Å²) >= 11 is 1.51. The minimum Gasteiger partial charge on any atom is -0.316 e. The summed E-state index contributed by atoms with van der Waals surface area (Å²) in [6.07, 6.45) is -4.55. The number of nitrogens with two attached hydrogens (primary N) is 1. The van der Waals surface area contributed by atoms with Gasteiger partial charge in [-0.25, -0.2) is 4.39 Å². The molecule has 0 heterocycles. The van der Waals surface area contributed by atoms with Gasteiger partial charge in [-0.3, -0.25) is 0 Å². The van der Waals surface area contributed by atoms with Gasteiger partial charge in [0.1, 0.15) is 11.9 Å². The average Bonchev–Trinajstić information content (AvgIpc) is 2.07. The fraction of sp³-hybridized carbons (Fsp3) is 0.250. The highest BCUT2D eigenvalue weighted by atomic mass is 127. The summed E-state index contributed by atoms with van der Waals surface area (Å²) in [5, 5.41) is 0. The molecule has 0 aliphatic heterocycles. The zero-order chi connectivity index (χ0) is 10.9. The van der Waals surface area contributed by atoms with Gasteiger partial charge in [0.2, 0.25) is 0 Å². The number of alkyl halides is 3. The van der Waals surface area contributed by atoms with Crippen molar-refractivity contribution in [2.75, 3.05) is 0 Å². The Kier molecular flexibility index (Phi) is 3.36. The van der Waals surface area contributed by atoms with Crippen LogP contribution in [0.15, 0.2) is 18.2 Å². The van der Waals surface area contributed by atoms with Gasteiger partial charge in [0.05, 0.1) is 3.57 Å². The van der Waals surface area contributed by atoms with Gasteiger partial charge in [-0.05, 0) is 34.2 Å². The molecule has 0 spiro atoms. The van der Waals surface area contributed by atoms with Crippen molar-refractivity contribution >= 4 is 22.6 Å². The number of halogens is 5. The van der Waals surface area contributed by atoms with Crippen LogP contribution in [0, 0.1) is 9.39 Å². The van der Waals surface area contributed by atoms with Gasteiger partial charge < -0.3 is 5.73 Å². The van der Waals surface area contributed by atoms with E-state index < -0.39 is 18.0 Å². The molecule has 1 nitrogen and oxygen atoms in total. The highest BCUT2D eigenvalue weighted by Gasteiger charge is 2.39. The molecular formula is C8H6F4IN. The second-order valence-electron chi connectivity index (χ2n) is 2.66. The Morgan fingerprint density at radius 1 is 1.29 bits per heavy atom. The van der Waals surface area contributed by atoms with Crippen LogP contribution in [0.1, 0.15) is 11.6 Å². The zero-order valence-corrected chi connectivity index (χ0v) is 8.93. The molecule has 0 aliphatic rings. The third-order valence-corrected chi connectivity index (χ3v) is 2.81. The van der Waals surface area contributed by atoms with Crippen molar-refractivity contribution in [2.24, 2.45) is 5.73 Å². The van der Waals surface area contributed by atoms with Crippen molar-refractivity contribution in [3.05, 3.63) is 33.1 Å². The number of benzene rings is 1.